The van der Waals surface area contributed by atoms with Gasteiger partial charge in [-0.15, -0.1) is 0 Å². The van der Waals surface area contributed by atoms with Crippen LogP contribution in [0.15, 0.2) is 34.8 Å². The second-order valence-electron chi connectivity index (χ2n) is 4.12. The first-order valence-electron chi connectivity index (χ1n) is 5.89. The average molecular weight is 482 g/mol. The van der Waals surface area contributed by atoms with E-state index in [1.54, 1.807) is 37.4 Å². The topological polar surface area (TPSA) is 35.5 Å². The zero-order valence-electron chi connectivity index (χ0n) is 11.2. The molecular weight excluding hydrogens is 470 g/mol. The average Bonchev–Trinajstić information content (AvgIpc) is 2.48. The van der Waals surface area contributed by atoms with Gasteiger partial charge in [0.15, 0.2) is 5.78 Å². The van der Waals surface area contributed by atoms with Gasteiger partial charge in [-0.1, -0.05) is 11.6 Å². The van der Waals surface area contributed by atoms with E-state index in [0.29, 0.717) is 32.1 Å². The first kappa shape index (κ1) is 16.6. The minimum absolute atomic E-state index is 0.151. The second kappa shape index (κ2) is 6.98. The lowest BCUT2D eigenvalue weighted by atomic mass is 10.0. The molecule has 6 heteroatoms. The molecule has 21 heavy (non-hydrogen) atoms. The van der Waals surface area contributed by atoms with E-state index in [4.69, 9.17) is 21.1 Å². The maximum atomic E-state index is 12.7. The molecule has 0 saturated carbocycles. The van der Waals surface area contributed by atoms with Crippen LogP contribution in [0.4, 0.5) is 0 Å². The van der Waals surface area contributed by atoms with Gasteiger partial charge >= 0.3 is 0 Å². The smallest absolute Gasteiger partial charge is 0.197 e. The summed E-state index contributed by atoms with van der Waals surface area (Å²) in [5.41, 5.74) is 0.990. The van der Waals surface area contributed by atoms with Gasteiger partial charge in [-0.05, 0) is 68.9 Å². The van der Waals surface area contributed by atoms with Crippen molar-refractivity contribution in [3.63, 3.8) is 0 Å². The fourth-order valence-corrected chi connectivity index (χ4v) is 3.31. The summed E-state index contributed by atoms with van der Waals surface area (Å²) < 4.78 is 12.0. The number of halogens is 3. The first-order valence-corrected chi connectivity index (χ1v) is 8.14. The van der Waals surface area contributed by atoms with Gasteiger partial charge in [-0.2, -0.15) is 0 Å². The van der Waals surface area contributed by atoms with Crippen LogP contribution in [-0.4, -0.2) is 20.0 Å². The van der Waals surface area contributed by atoms with Gasteiger partial charge in [-0.25, -0.2) is 0 Å². The van der Waals surface area contributed by atoms with Gasteiger partial charge in [0.1, 0.15) is 16.0 Å². The fourth-order valence-electron chi connectivity index (χ4n) is 1.89. The Morgan fingerprint density at radius 3 is 2.48 bits per heavy atom. The molecule has 2 aromatic carbocycles. The Kier molecular flexibility index (Phi) is 5.51. The zero-order chi connectivity index (χ0) is 15.6. The Labute approximate surface area is 149 Å². The molecule has 0 saturated heterocycles. The molecule has 0 aliphatic carbocycles. The largest absolute Gasteiger partial charge is 0.495 e. The monoisotopic (exact) mass is 480 g/mol. The predicted octanol–water partition coefficient (Wildman–Crippen LogP) is 4.96. The number of hydrogen-bond donors (Lipinski definition) is 0. The fraction of sp³-hybridized carbons (Fsp3) is 0.133. The maximum Gasteiger partial charge on any atom is 0.197 e. The van der Waals surface area contributed by atoms with E-state index in [9.17, 15) is 4.79 Å². The van der Waals surface area contributed by atoms with Crippen molar-refractivity contribution in [2.75, 3.05) is 14.2 Å². The SMILES string of the molecule is COc1ccc(C(=O)c2cc(Cl)ccc2I)c(OC)c1Br. The molecule has 110 valence electrons. The van der Waals surface area contributed by atoms with E-state index in [1.165, 1.54) is 7.11 Å². The maximum absolute atomic E-state index is 12.7. The van der Waals surface area contributed by atoms with E-state index in [0.717, 1.165) is 3.57 Å². The molecule has 0 heterocycles. The van der Waals surface area contributed by atoms with E-state index >= 15 is 0 Å². The molecule has 3 nitrogen and oxygen atoms in total. The molecular formula is C15H11BrClIO3. The van der Waals surface area contributed by atoms with Gasteiger partial charge in [0.2, 0.25) is 0 Å². The molecule has 2 aromatic rings. The van der Waals surface area contributed by atoms with Crippen LogP contribution in [0, 0.1) is 3.57 Å². The lowest BCUT2D eigenvalue weighted by Gasteiger charge is -2.13. The number of hydrogen-bond acceptors (Lipinski definition) is 3. The predicted molar refractivity (Wildman–Crippen MR) is 94.8 cm³/mol. The summed E-state index contributed by atoms with van der Waals surface area (Å²) >= 11 is 11.5. The lowest BCUT2D eigenvalue weighted by molar-refractivity contribution is 0.103. The minimum atomic E-state index is -0.151. The Bertz CT molecular complexity index is 704. The summed E-state index contributed by atoms with van der Waals surface area (Å²) in [6, 6.07) is 8.62. The second-order valence-corrected chi connectivity index (χ2v) is 6.51. The summed E-state index contributed by atoms with van der Waals surface area (Å²) in [4.78, 5) is 12.7. The summed E-state index contributed by atoms with van der Waals surface area (Å²) in [7, 11) is 3.07. The van der Waals surface area contributed by atoms with Gasteiger partial charge in [0, 0.05) is 14.2 Å². The third-order valence-corrected chi connectivity index (χ3v) is 4.83. The molecule has 0 N–H and O–H groups in total. The van der Waals surface area contributed by atoms with E-state index in [1.807, 2.05) is 0 Å². The number of benzene rings is 2. The number of rotatable bonds is 4. The standard InChI is InChI=1S/C15H11BrClIO3/c1-20-12-6-4-9(15(21-2)13(12)16)14(19)10-7-8(17)3-5-11(10)18/h3-7H,1-2H3. The number of methoxy groups -OCH3 is 2. The van der Waals surface area contributed by atoms with Crippen LogP contribution in [0.2, 0.25) is 5.02 Å². The van der Waals surface area contributed by atoms with Crippen LogP contribution in [0.5, 0.6) is 11.5 Å². The van der Waals surface area contributed by atoms with Crippen molar-refractivity contribution < 1.29 is 14.3 Å². The van der Waals surface area contributed by atoms with Gasteiger partial charge in [0.25, 0.3) is 0 Å². The van der Waals surface area contributed by atoms with Crippen molar-refractivity contribution in [3.05, 3.63) is 54.5 Å². The molecule has 0 radical (unpaired) electrons. The van der Waals surface area contributed by atoms with Crippen LogP contribution < -0.4 is 9.47 Å². The molecule has 2 rings (SSSR count). The Morgan fingerprint density at radius 2 is 1.86 bits per heavy atom. The highest BCUT2D eigenvalue weighted by Crippen LogP contribution is 2.38. The number of ketones is 1. The summed E-state index contributed by atoms with van der Waals surface area (Å²) in [5.74, 6) is 0.890. The zero-order valence-corrected chi connectivity index (χ0v) is 15.7. The van der Waals surface area contributed by atoms with Crippen LogP contribution in [0.1, 0.15) is 15.9 Å². The molecule has 0 aliphatic heterocycles. The molecule has 0 unspecified atom stereocenters. The Hall–Kier alpha value is -0.790. The number of ether oxygens (including phenoxy) is 2. The van der Waals surface area contributed by atoms with Gasteiger partial charge < -0.3 is 9.47 Å². The van der Waals surface area contributed by atoms with Crippen LogP contribution in [-0.2, 0) is 0 Å². The van der Waals surface area contributed by atoms with Gasteiger partial charge in [0.05, 0.1) is 19.8 Å². The van der Waals surface area contributed by atoms with Crippen molar-refractivity contribution in [1.82, 2.24) is 0 Å². The highest BCUT2D eigenvalue weighted by atomic mass is 127. The van der Waals surface area contributed by atoms with Crippen molar-refractivity contribution in [1.29, 1.82) is 0 Å². The Morgan fingerprint density at radius 1 is 1.14 bits per heavy atom. The summed E-state index contributed by atoms with van der Waals surface area (Å²) in [6.45, 7) is 0. The van der Waals surface area contributed by atoms with E-state index in [2.05, 4.69) is 38.5 Å². The van der Waals surface area contributed by atoms with Crippen LogP contribution in [0.25, 0.3) is 0 Å². The first-order chi connectivity index (χ1) is 9.99. The normalized spacial score (nSPS) is 10.3. The van der Waals surface area contributed by atoms with Crippen molar-refractivity contribution in [2.24, 2.45) is 0 Å². The van der Waals surface area contributed by atoms with E-state index in [-0.39, 0.29) is 5.78 Å². The highest BCUT2D eigenvalue weighted by Gasteiger charge is 2.21. The number of carbonyl (C=O) groups is 1. The molecule has 0 aromatic heterocycles. The number of carbonyl (C=O) groups excluding carboxylic acids is 1. The molecule has 0 amide bonds. The van der Waals surface area contributed by atoms with E-state index < -0.39 is 0 Å². The highest BCUT2D eigenvalue weighted by molar-refractivity contribution is 14.1. The molecule has 0 spiro atoms. The van der Waals surface area contributed by atoms with Crippen molar-refractivity contribution >= 4 is 55.9 Å². The van der Waals surface area contributed by atoms with Crippen molar-refractivity contribution in [2.45, 2.75) is 0 Å². The lowest BCUT2D eigenvalue weighted by Crippen LogP contribution is -2.07. The quantitative estimate of drug-likeness (QED) is 0.458. The summed E-state index contributed by atoms with van der Waals surface area (Å²) in [6.07, 6.45) is 0. The van der Waals surface area contributed by atoms with Crippen LogP contribution in [0.3, 0.4) is 0 Å². The minimum Gasteiger partial charge on any atom is -0.495 e. The molecule has 0 aliphatic rings. The Balaban J connectivity index is 2.58. The molecule has 0 bridgehead atoms. The van der Waals surface area contributed by atoms with Crippen molar-refractivity contribution in [3.8, 4) is 11.5 Å². The third kappa shape index (κ3) is 3.35. The molecule has 0 fully saturated rings. The third-order valence-electron chi connectivity index (χ3n) is 2.90. The van der Waals surface area contributed by atoms with Crippen LogP contribution >= 0.6 is 50.1 Å². The summed E-state index contributed by atoms with van der Waals surface area (Å²) in [5, 5.41) is 0.519. The van der Waals surface area contributed by atoms with Gasteiger partial charge in [-0.3, -0.25) is 4.79 Å². The molecule has 0 atom stereocenters.